The van der Waals surface area contributed by atoms with Crippen molar-refractivity contribution in [1.82, 2.24) is 4.90 Å². The monoisotopic (exact) mass is 431 g/mol. The van der Waals surface area contributed by atoms with Crippen LogP contribution in [0, 0.1) is 0 Å². The van der Waals surface area contributed by atoms with Gasteiger partial charge in [0.25, 0.3) is 11.1 Å². The molecule has 8 heteroatoms. The van der Waals surface area contributed by atoms with Gasteiger partial charge in [-0.1, -0.05) is 42.8 Å². The van der Waals surface area contributed by atoms with Crippen molar-refractivity contribution in [3.63, 3.8) is 0 Å². The molecule has 1 aliphatic rings. The molecule has 1 atom stereocenters. The van der Waals surface area contributed by atoms with Crippen LogP contribution in [0.2, 0.25) is 5.02 Å². The molecule has 1 heterocycles. The van der Waals surface area contributed by atoms with Crippen LogP contribution in [0.4, 0.5) is 4.79 Å². The number of halogens is 1. The van der Waals surface area contributed by atoms with Crippen LogP contribution in [0.1, 0.15) is 24.5 Å². The van der Waals surface area contributed by atoms with Gasteiger partial charge in [0.15, 0.2) is 6.10 Å². The Bertz CT molecular complexity index is 956. The molecule has 1 N–H and O–H groups in total. The predicted molar refractivity (Wildman–Crippen MR) is 112 cm³/mol. The number of rotatable bonds is 7. The van der Waals surface area contributed by atoms with Crippen LogP contribution >= 0.6 is 23.4 Å². The Morgan fingerprint density at radius 1 is 1.17 bits per heavy atom. The fourth-order valence-corrected chi connectivity index (χ4v) is 3.64. The molecule has 150 valence electrons. The van der Waals surface area contributed by atoms with Gasteiger partial charge in [-0.2, -0.15) is 0 Å². The SMILES string of the molecule is CCC(Oc1ccc(/C=C2/SC(=O)N(Cc3ccc(Cl)cc3)C2=O)cc1)C(=O)O. The Morgan fingerprint density at radius 2 is 1.83 bits per heavy atom. The van der Waals surface area contributed by atoms with Crippen molar-refractivity contribution in [3.8, 4) is 5.75 Å². The van der Waals surface area contributed by atoms with Crippen LogP contribution in [0.5, 0.6) is 5.75 Å². The molecule has 2 aromatic rings. The van der Waals surface area contributed by atoms with E-state index in [9.17, 15) is 14.4 Å². The third kappa shape index (κ3) is 5.19. The molecule has 0 radical (unpaired) electrons. The number of imide groups is 1. The van der Waals surface area contributed by atoms with Crippen molar-refractivity contribution >= 4 is 46.6 Å². The van der Waals surface area contributed by atoms with Gasteiger partial charge in [0.2, 0.25) is 0 Å². The summed E-state index contributed by atoms with van der Waals surface area (Å²) >= 11 is 6.75. The van der Waals surface area contributed by atoms with Gasteiger partial charge in [-0.15, -0.1) is 0 Å². The number of hydrogen-bond donors (Lipinski definition) is 1. The molecule has 3 rings (SSSR count). The zero-order valence-corrected chi connectivity index (χ0v) is 17.1. The molecule has 29 heavy (non-hydrogen) atoms. The molecule has 0 aliphatic carbocycles. The average molecular weight is 432 g/mol. The quantitative estimate of drug-likeness (QED) is 0.633. The number of carbonyl (C=O) groups excluding carboxylic acids is 2. The summed E-state index contributed by atoms with van der Waals surface area (Å²) in [5.41, 5.74) is 1.51. The molecule has 0 spiro atoms. The minimum Gasteiger partial charge on any atom is -0.479 e. The lowest BCUT2D eigenvalue weighted by Gasteiger charge is -2.13. The molecule has 0 saturated carbocycles. The van der Waals surface area contributed by atoms with E-state index in [-0.39, 0.29) is 17.7 Å². The van der Waals surface area contributed by atoms with E-state index in [4.69, 9.17) is 21.4 Å². The highest BCUT2D eigenvalue weighted by atomic mass is 35.5. The number of hydrogen-bond acceptors (Lipinski definition) is 5. The summed E-state index contributed by atoms with van der Waals surface area (Å²) < 4.78 is 5.42. The van der Waals surface area contributed by atoms with Gasteiger partial charge in [-0.3, -0.25) is 14.5 Å². The molecule has 1 fully saturated rings. The van der Waals surface area contributed by atoms with E-state index in [0.29, 0.717) is 27.7 Å². The second-order valence-corrected chi connectivity index (χ2v) is 7.75. The van der Waals surface area contributed by atoms with Gasteiger partial charge in [0.1, 0.15) is 5.75 Å². The Kier molecular flexibility index (Phi) is 6.61. The van der Waals surface area contributed by atoms with E-state index in [1.54, 1.807) is 61.5 Å². The van der Waals surface area contributed by atoms with Crippen LogP contribution in [0.25, 0.3) is 6.08 Å². The number of aliphatic carboxylic acids is 1. The lowest BCUT2D eigenvalue weighted by Crippen LogP contribution is -2.27. The van der Waals surface area contributed by atoms with E-state index in [1.807, 2.05) is 0 Å². The number of ether oxygens (including phenoxy) is 1. The molecule has 0 bridgehead atoms. The molecule has 2 aromatic carbocycles. The van der Waals surface area contributed by atoms with Crippen molar-refractivity contribution in [2.24, 2.45) is 0 Å². The second kappa shape index (κ2) is 9.15. The summed E-state index contributed by atoms with van der Waals surface area (Å²) in [7, 11) is 0. The Labute approximate surface area is 177 Å². The van der Waals surface area contributed by atoms with Gasteiger partial charge < -0.3 is 9.84 Å². The number of amides is 2. The number of carboxylic acid groups (broad SMARTS) is 1. The third-order valence-corrected chi connectivity index (χ3v) is 5.39. The molecule has 0 aromatic heterocycles. The van der Waals surface area contributed by atoms with Crippen molar-refractivity contribution in [3.05, 3.63) is 69.6 Å². The van der Waals surface area contributed by atoms with E-state index in [2.05, 4.69) is 0 Å². The van der Waals surface area contributed by atoms with Crippen molar-refractivity contribution < 1.29 is 24.2 Å². The summed E-state index contributed by atoms with van der Waals surface area (Å²) in [4.78, 5) is 37.5. The fraction of sp³-hybridized carbons (Fsp3) is 0.190. The van der Waals surface area contributed by atoms with E-state index >= 15 is 0 Å². The Hall–Kier alpha value is -2.77. The van der Waals surface area contributed by atoms with Crippen LogP contribution < -0.4 is 4.74 Å². The Balaban J connectivity index is 1.70. The summed E-state index contributed by atoms with van der Waals surface area (Å²) in [6, 6.07) is 13.6. The first kappa shape index (κ1) is 21.0. The summed E-state index contributed by atoms with van der Waals surface area (Å²) in [5, 5.41) is 9.32. The number of carboxylic acids is 1. The van der Waals surface area contributed by atoms with Gasteiger partial charge in [-0.05, 0) is 59.7 Å². The predicted octanol–water partition coefficient (Wildman–Crippen LogP) is 4.82. The molecule has 1 saturated heterocycles. The number of benzene rings is 2. The van der Waals surface area contributed by atoms with Crippen molar-refractivity contribution in [2.45, 2.75) is 26.0 Å². The summed E-state index contributed by atoms with van der Waals surface area (Å²) in [5.74, 6) is -0.953. The third-order valence-electron chi connectivity index (χ3n) is 4.23. The van der Waals surface area contributed by atoms with Gasteiger partial charge in [0, 0.05) is 5.02 Å². The largest absolute Gasteiger partial charge is 0.479 e. The molecule has 2 amide bonds. The zero-order chi connectivity index (χ0) is 21.0. The fourth-order valence-electron chi connectivity index (χ4n) is 2.68. The number of carbonyl (C=O) groups is 3. The molecule has 1 aliphatic heterocycles. The normalized spacial score (nSPS) is 16.3. The van der Waals surface area contributed by atoms with Crippen LogP contribution in [-0.4, -0.2) is 33.2 Å². The smallest absolute Gasteiger partial charge is 0.344 e. The standard InChI is InChI=1S/C21H18ClNO5S/c1-2-17(20(25)26)28-16-9-5-13(6-10-16)11-18-19(24)23(21(27)29-18)12-14-3-7-15(22)8-4-14/h3-11,17H,2,12H2,1H3,(H,25,26)/b18-11+. The topological polar surface area (TPSA) is 83.9 Å². The number of nitrogens with zero attached hydrogens (tertiary/aromatic N) is 1. The molecular weight excluding hydrogens is 414 g/mol. The van der Waals surface area contributed by atoms with Gasteiger partial charge in [0.05, 0.1) is 11.4 Å². The molecule has 1 unspecified atom stereocenters. The van der Waals surface area contributed by atoms with Crippen molar-refractivity contribution in [2.75, 3.05) is 0 Å². The van der Waals surface area contributed by atoms with E-state index < -0.39 is 12.1 Å². The second-order valence-electron chi connectivity index (χ2n) is 6.32. The van der Waals surface area contributed by atoms with E-state index in [0.717, 1.165) is 17.3 Å². The molecule has 6 nitrogen and oxygen atoms in total. The lowest BCUT2D eigenvalue weighted by molar-refractivity contribution is -0.145. The summed E-state index contributed by atoms with van der Waals surface area (Å²) in [6.07, 6.45) is 1.06. The van der Waals surface area contributed by atoms with Gasteiger partial charge in [-0.25, -0.2) is 4.79 Å². The van der Waals surface area contributed by atoms with Crippen LogP contribution in [-0.2, 0) is 16.1 Å². The maximum Gasteiger partial charge on any atom is 0.344 e. The highest BCUT2D eigenvalue weighted by molar-refractivity contribution is 8.18. The van der Waals surface area contributed by atoms with Crippen LogP contribution in [0.15, 0.2) is 53.4 Å². The first-order valence-electron chi connectivity index (χ1n) is 8.86. The Morgan fingerprint density at radius 3 is 2.41 bits per heavy atom. The first-order valence-corrected chi connectivity index (χ1v) is 10.1. The maximum absolute atomic E-state index is 12.6. The lowest BCUT2D eigenvalue weighted by atomic mass is 10.2. The minimum atomic E-state index is -1.02. The highest BCUT2D eigenvalue weighted by Crippen LogP contribution is 2.33. The highest BCUT2D eigenvalue weighted by Gasteiger charge is 2.34. The number of thioether (sulfide) groups is 1. The molecular formula is C21H18ClNO5S. The maximum atomic E-state index is 12.6. The summed E-state index contributed by atoms with van der Waals surface area (Å²) in [6.45, 7) is 1.91. The van der Waals surface area contributed by atoms with Crippen molar-refractivity contribution in [1.29, 1.82) is 0 Å². The zero-order valence-electron chi connectivity index (χ0n) is 15.5. The van der Waals surface area contributed by atoms with Gasteiger partial charge >= 0.3 is 5.97 Å². The first-order chi connectivity index (χ1) is 13.9. The average Bonchev–Trinajstić information content (AvgIpc) is 2.96. The van der Waals surface area contributed by atoms with E-state index in [1.165, 1.54) is 4.90 Å². The minimum absolute atomic E-state index is 0.180. The van der Waals surface area contributed by atoms with Crippen LogP contribution in [0.3, 0.4) is 0 Å².